The summed E-state index contributed by atoms with van der Waals surface area (Å²) in [5, 5.41) is 0. The first-order valence-electron chi connectivity index (χ1n) is 8.21. The quantitative estimate of drug-likeness (QED) is 0.477. The number of ketones is 1. The maximum Gasteiger partial charge on any atom is 0.339 e. The number of H-pyrrole nitrogens is 1. The number of hydrogen-bond acceptors (Lipinski definition) is 5. The van der Waals surface area contributed by atoms with Gasteiger partial charge in [0.1, 0.15) is 5.82 Å². The van der Waals surface area contributed by atoms with Gasteiger partial charge in [-0.2, -0.15) is 0 Å². The molecule has 0 spiro atoms. The van der Waals surface area contributed by atoms with Gasteiger partial charge in [-0.05, 0) is 38.5 Å². The molecule has 6 nitrogen and oxygen atoms in total. The highest BCUT2D eigenvalue weighted by Crippen LogP contribution is 2.21. The Balaban J connectivity index is 2.11. The van der Waals surface area contributed by atoms with Gasteiger partial charge in [0.25, 0.3) is 0 Å². The number of nitrogens with one attached hydrogen (secondary N) is 1. The highest BCUT2D eigenvalue weighted by Gasteiger charge is 2.26. The van der Waals surface area contributed by atoms with Gasteiger partial charge in [-0.25, -0.2) is 14.0 Å². The second-order valence-corrected chi connectivity index (χ2v) is 5.91. The van der Waals surface area contributed by atoms with Crippen molar-refractivity contribution < 1.29 is 28.2 Å². The highest BCUT2D eigenvalue weighted by molar-refractivity contribution is 6.04. The van der Waals surface area contributed by atoms with Gasteiger partial charge in [-0.15, -0.1) is 0 Å². The van der Waals surface area contributed by atoms with Gasteiger partial charge < -0.3 is 14.5 Å². The Morgan fingerprint density at radius 2 is 1.85 bits per heavy atom. The lowest BCUT2D eigenvalue weighted by Crippen LogP contribution is -2.24. The summed E-state index contributed by atoms with van der Waals surface area (Å²) in [5.41, 5.74) is 1.59. The molecule has 0 saturated heterocycles. The van der Waals surface area contributed by atoms with Crippen LogP contribution in [0.1, 0.15) is 44.6 Å². The van der Waals surface area contributed by atoms with E-state index in [2.05, 4.69) is 4.98 Å². The number of ether oxygens (including phenoxy) is 2. The second kappa shape index (κ2) is 8.44. The minimum absolute atomic E-state index is 0.172. The van der Waals surface area contributed by atoms with E-state index in [-0.39, 0.29) is 16.8 Å². The number of benzene rings is 1. The summed E-state index contributed by atoms with van der Waals surface area (Å²) < 4.78 is 23.3. The van der Waals surface area contributed by atoms with Crippen LogP contribution < -0.4 is 0 Å². The Labute approximate surface area is 156 Å². The van der Waals surface area contributed by atoms with Gasteiger partial charge in [0.15, 0.2) is 6.10 Å². The van der Waals surface area contributed by atoms with Crippen LogP contribution in [-0.2, 0) is 14.3 Å². The average molecular weight is 373 g/mol. The van der Waals surface area contributed by atoms with Crippen LogP contribution in [0.4, 0.5) is 4.39 Å². The molecule has 7 heteroatoms. The lowest BCUT2D eigenvalue weighted by atomic mass is 10.1. The summed E-state index contributed by atoms with van der Waals surface area (Å²) in [7, 11) is 1.25. The summed E-state index contributed by atoms with van der Waals surface area (Å²) >= 11 is 0. The molecule has 0 unspecified atom stereocenters. The summed E-state index contributed by atoms with van der Waals surface area (Å²) in [6, 6.07) is 5.95. The molecule has 0 bridgehead atoms. The van der Waals surface area contributed by atoms with Gasteiger partial charge in [0, 0.05) is 17.3 Å². The number of aromatic amines is 1. The standard InChI is InChI=1S/C20H20FNO5/c1-11-17(20(25)26-4)12(2)22-18(11)19(24)13(3)27-16(23)10-9-14-7-5-6-8-15(14)21/h5-10,13,22H,1-4H3/b10-9+/t13-/m1/s1. The number of esters is 2. The summed E-state index contributed by atoms with van der Waals surface area (Å²) in [4.78, 5) is 39.1. The molecule has 27 heavy (non-hydrogen) atoms. The molecule has 0 fully saturated rings. The van der Waals surface area contributed by atoms with Crippen molar-refractivity contribution in [1.82, 2.24) is 4.98 Å². The van der Waals surface area contributed by atoms with Crippen molar-refractivity contribution in [2.24, 2.45) is 0 Å². The minimum atomic E-state index is -1.09. The third-order valence-corrected chi connectivity index (χ3v) is 4.04. The van der Waals surface area contributed by atoms with E-state index in [9.17, 15) is 18.8 Å². The third kappa shape index (κ3) is 4.49. The highest BCUT2D eigenvalue weighted by atomic mass is 19.1. The number of carbonyl (C=O) groups is 3. The van der Waals surface area contributed by atoms with E-state index in [1.54, 1.807) is 19.9 Å². The van der Waals surface area contributed by atoms with Crippen LogP contribution in [0.2, 0.25) is 0 Å². The largest absolute Gasteiger partial charge is 0.465 e. The molecule has 1 heterocycles. The predicted octanol–water partition coefficient (Wildman–Crippen LogP) is 3.39. The number of hydrogen-bond donors (Lipinski definition) is 1. The third-order valence-electron chi connectivity index (χ3n) is 4.04. The molecule has 2 rings (SSSR count). The van der Waals surface area contributed by atoms with Crippen molar-refractivity contribution in [2.75, 3.05) is 7.11 Å². The first-order chi connectivity index (χ1) is 12.8. The average Bonchev–Trinajstić information content (AvgIpc) is 2.94. The number of rotatable bonds is 6. The summed E-state index contributed by atoms with van der Waals surface area (Å²) in [6.45, 7) is 4.67. The Morgan fingerprint density at radius 1 is 1.19 bits per heavy atom. The van der Waals surface area contributed by atoms with E-state index in [0.717, 1.165) is 6.08 Å². The zero-order valence-electron chi connectivity index (χ0n) is 15.5. The van der Waals surface area contributed by atoms with E-state index in [1.807, 2.05) is 0 Å². The molecule has 2 aromatic rings. The van der Waals surface area contributed by atoms with Crippen LogP contribution in [0.25, 0.3) is 6.08 Å². The van der Waals surface area contributed by atoms with Crippen molar-refractivity contribution >= 4 is 23.8 Å². The zero-order valence-corrected chi connectivity index (χ0v) is 15.5. The second-order valence-electron chi connectivity index (χ2n) is 5.91. The molecule has 0 aliphatic heterocycles. The number of Topliss-reactive ketones (excluding diaryl/α,β-unsaturated/α-hetero) is 1. The first-order valence-corrected chi connectivity index (χ1v) is 8.21. The fourth-order valence-electron chi connectivity index (χ4n) is 2.64. The van der Waals surface area contributed by atoms with E-state index < -0.39 is 29.6 Å². The SMILES string of the molecule is COC(=O)c1c(C)[nH]c(C(=O)[C@@H](C)OC(=O)/C=C/c2ccccc2F)c1C. The maximum atomic E-state index is 13.5. The van der Waals surface area contributed by atoms with Crippen molar-refractivity contribution in [3.8, 4) is 0 Å². The van der Waals surface area contributed by atoms with Crippen molar-refractivity contribution in [2.45, 2.75) is 26.9 Å². The molecular weight excluding hydrogens is 353 g/mol. The molecule has 0 aliphatic rings. The Hall–Kier alpha value is -3.22. The first kappa shape index (κ1) is 20.1. The van der Waals surface area contributed by atoms with Gasteiger partial charge in [-0.1, -0.05) is 18.2 Å². The Bertz CT molecular complexity index is 913. The van der Waals surface area contributed by atoms with Gasteiger partial charge in [0.05, 0.1) is 18.4 Å². The van der Waals surface area contributed by atoms with Crippen LogP contribution in [0.3, 0.4) is 0 Å². The fourth-order valence-corrected chi connectivity index (χ4v) is 2.64. The number of aromatic nitrogens is 1. The van der Waals surface area contributed by atoms with E-state index in [0.29, 0.717) is 11.3 Å². The van der Waals surface area contributed by atoms with Crippen LogP contribution in [0.15, 0.2) is 30.3 Å². The normalized spacial score (nSPS) is 12.0. The molecule has 142 valence electrons. The number of carbonyl (C=O) groups excluding carboxylic acids is 3. The maximum absolute atomic E-state index is 13.5. The van der Waals surface area contributed by atoms with Crippen LogP contribution in [-0.4, -0.2) is 35.9 Å². The smallest absolute Gasteiger partial charge is 0.339 e. The summed E-state index contributed by atoms with van der Waals surface area (Å²) in [5.74, 6) is -2.30. The molecule has 0 radical (unpaired) electrons. The van der Waals surface area contributed by atoms with Crippen molar-refractivity contribution in [3.05, 3.63) is 64.2 Å². The molecule has 1 aromatic heterocycles. The molecule has 0 saturated carbocycles. The van der Waals surface area contributed by atoms with Gasteiger partial charge >= 0.3 is 11.9 Å². The molecule has 0 amide bonds. The zero-order chi connectivity index (χ0) is 20.1. The molecule has 1 aromatic carbocycles. The van der Waals surface area contributed by atoms with Gasteiger partial charge in [0.2, 0.25) is 5.78 Å². The molecular formula is C20H20FNO5. The molecule has 0 aliphatic carbocycles. The lowest BCUT2D eigenvalue weighted by Gasteiger charge is -2.10. The number of halogens is 1. The van der Waals surface area contributed by atoms with Crippen LogP contribution >= 0.6 is 0 Å². The fraction of sp³-hybridized carbons (Fsp3) is 0.250. The molecule has 1 atom stereocenters. The predicted molar refractivity (Wildman–Crippen MR) is 96.9 cm³/mol. The molecule has 1 N–H and O–H groups in total. The summed E-state index contributed by atoms with van der Waals surface area (Å²) in [6.07, 6.45) is 1.23. The van der Waals surface area contributed by atoms with Crippen LogP contribution in [0, 0.1) is 19.7 Å². The minimum Gasteiger partial charge on any atom is -0.465 e. The van der Waals surface area contributed by atoms with E-state index in [4.69, 9.17) is 9.47 Å². The van der Waals surface area contributed by atoms with Crippen LogP contribution in [0.5, 0.6) is 0 Å². The van der Waals surface area contributed by atoms with E-state index in [1.165, 1.54) is 38.3 Å². The lowest BCUT2D eigenvalue weighted by molar-refractivity contribution is -0.140. The Morgan fingerprint density at radius 3 is 2.48 bits per heavy atom. The van der Waals surface area contributed by atoms with Gasteiger partial charge in [-0.3, -0.25) is 4.79 Å². The van der Waals surface area contributed by atoms with Crippen molar-refractivity contribution in [3.63, 3.8) is 0 Å². The number of aryl methyl sites for hydroxylation is 1. The van der Waals surface area contributed by atoms with Crippen molar-refractivity contribution in [1.29, 1.82) is 0 Å². The Kier molecular flexibility index (Phi) is 6.28. The topological polar surface area (TPSA) is 85.5 Å². The van der Waals surface area contributed by atoms with E-state index >= 15 is 0 Å². The number of methoxy groups -OCH3 is 1. The monoisotopic (exact) mass is 373 g/mol.